The van der Waals surface area contributed by atoms with Crippen molar-refractivity contribution in [3.63, 3.8) is 0 Å². The maximum atomic E-state index is 12.3. The summed E-state index contributed by atoms with van der Waals surface area (Å²) in [7, 11) is 0. The number of carbonyl (C=O) groups is 1. The van der Waals surface area contributed by atoms with Crippen molar-refractivity contribution in [3.05, 3.63) is 46.3 Å². The van der Waals surface area contributed by atoms with E-state index < -0.39 is 0 Å². The predicted octanol–water partition coefficient (Wildman–Crippen LogP) is 2.44. The normalized spacial score (nSPS) is 12.6. The number of aromatic nitrogens is 5. The first-order valence-electron chi connectivity index (χ1n) is 9.21. The Kier molecular flexibility index (Phi) is 6.13. The van der Waals surface area contributed by atoms with Crippen molar-refractivity contribution in [2.24, 2.45) is 11.7 Å². The van der Waals surface area contributed by atoms with Gasteiger partial charge in [-0.2, -0.15) is 0 Å². The fourth-order valence-electron chi connectivity index (χ4n) is 2.89. The molecule has 1 amide bonds. The number of thioether (sulfide) groups is 1. The summed E-state index contributed by atoms with van der Waals surface area (Å²) < 4.78 is 2.02. The number of aryl methyl sites for hydroxylation is 1. The lowest BCUT2D eigenvalue weighted by Gasteiger charge is -2.15. The van der Waals surface area contributed by atoms with Crippen molar-refractivity contribution in [1.82, 2.24) is 24.7 Å². The Labute approximate surface area is 167 Å². The van der Waals surface area contributed by atoms with E-state index in [1.807, 2.05) is 29.7 Å². The highest BCUT2D eigenvalue weighted by molar-refractivity contribution is 7.99. The maximum Gasteiger partial charge on any atom is 0.258 e. The number of primary amides is 1. The van der Waals surface area contributed by atoms with Crippen LogP contribution in [0.1, 0.15) is 44.1 Å². The van der Waals surface area contributed by atoms with Gasteiger partial charge < -0.3 is 15.3 Å². The van der Waals surface area contributed by atoms with Gasteiger partial charge in [0.1, 0.15) is 11.6 Å². The fraction of sp³-hybridized carbons (Fsp3) is 0.421. The molecule has 0 aliphatic rings. The summed E-state index contributed by atoms with van der Waals surface area (Å²) in [6, 6.07) is 7.27. The standard InChI is InChI=1S/C19H24N6O2S/c1-11(2)10-25-16(9-8-15(20)26)23-24-19(25)28-12(3)17-21-14-7-5-4-6-13(14)18(27)22-17/h4-7,11-12H,8-10H2,1-3H3,(H2,20,26)(H,21,22,27)/t12-/m0/s1. The molecule has 9 heteroatoms. The summed E-state index contributed by atoms with van der Waals surface area (Å²) >= 11 is 1.48. The number of hydrogen-bond donors (Lipinski definition) is 2. The third-order valence-electron chi connectivity index (χ3n) is 4.23. The van der Waals surface area contributed by atoms with Crippen LogP contribution in [0.4, 0.5) is 0 Å². The van der Waals surface area contributed by atoms with E-state index in [1.165, 1.54) is 11.8 Å². The van der Waals surface area contributed by atoms with Crippen LogP contribution < -0.4 is 11.3 Å². The van der Waals surface area contributed by atoms with Crippen molar-refractivity contribution in [3.8, 4) is 0 Å². The topological polar surface area (TPSA) is 120 Å². The van der Waals surface area contributed by atoms with Crippen molar-refractivity contribution in [2.45, 2.75) is 50.6 Å². The number of nitrogens with zero attached hydrogens (tertiary/aromatic N) is 4. The van der Waals surface area contributed by atoms with E-state index in [4.69, 9.17) is 5.73 Å². The molecule has 2 aromatic heterocycles. The molecule has 3 rings (SSSR count). The lowest BCUT2D eigenvalue weighted by molar-refractivity contribution is -0.118. The molecule has 0 bridgehead atoms. The summed E-state index contributed by atoms with van der Waals surface area (Å²) in [5.74, 6) is 1.35. The number of hydrogen-bond acceptors (Lipinski definition) is 6. The van der Waals surface area contributed by atoms with E-state index in [1.54, 1.807) is 6.07 Å². The number of H-pyrrole nitrogens is 1. The van der Waals surface area contributed by atoms with Gasteiger partial charge in [-0.1, -0.05) is 37.7 Å². The SMILES string of the molecule is CC(C)Cn1c(CCC(N)=O)nnc1S[C@@H](C)c1nc2ccccc2c(=O)[nH]1. The monoisotopic (exact) mass is 400 g/mol. The first kappa shape index (κ1) is 20.1. The molecular formula is C19H24N6O2S. The van der Waals surface area contributed by atoms with E-state index in [9.17, 15) is 9.59 Å². The maximum absolute atomic E-state index is 12.3. The Bertz CT molecular complexity index is 1040. The molecule has 3 aromatic rings. The van der Waals surface area contributed by atoms with E-state index in [2.05, 4.69) is 34.0 Å². The van der Waals surface area contributed by atoms with Crippen LogP contribution >= 0.6 is 11.8 Å². The third kappa shape index (κ3) is 4.59. The molecule has 1 aromatic carbocycles. The van der Waals surface area contributed by atoms with Crippen LogP contribution in [-0.2, 0) is 17.8 Å². The molecule has 1 atom stereocenters. The van der Waals surface area contributed by atoms with Gasteiger partial charge in [0.05, 0.1) is 16.2 Å². The summed E-state index contributed by atoms with van der Waals surface area (Å²) in [6.45, 7) is 6.92. The number of para-hydroxylation sites is 1. The van der Waals surface area contributed by atoms with Crippen LogP contribution in [0.5, 0.6) is 0 Å². The zero-order chi connectivity index (χ0) is 20.3. The molecule has 2 heterocycles. The van der Waals surface area contributed by atoms with Gasteiger partial charge in [-0.25, -0.2) is 4.98 Å². The quantitative estimate of drug-likeness (QED) is 0.561. The van der Waals surface area contributed by atoms with Gasteiger partial charge in [-0.05, 0) is 25.0 Å². The average Bonchev–Trinajstić information content (AvgIpc) is 3.00. The molecule has 0 aliphatic heterocycles. The second-order valence-electron chi connectivity index (χ2n) is 7.10. The van der Waals surface area contributed by atoms with Gasteiger partial charge in [-0.3, -0.25) is 9.59 Å². The van der Waals surface area contributed by atoms with Crippen LogP contribution in [0, 0.1) is 5.92 Å². The summed E-state index contributed by atoms with van der Waals surface area (Å²) in [6.07, 6.45) is 0.686. The Morgan fingerprint density at radius 1 is 1.25 bits per heavy atom. The highest BCUT2D eigenvalue weighted by Gasteiger charge is 2.19. The van der Waals surface area contributed by atoms with Crippen LogP contribution in [0.15, 0.2) is 34.2 Å². The van der Waals surface area contributed by atoms with Crippen molar-refractivity contribution >= 4 is 28.6 Å². The van der Waals surface area contributed by atoms with Crippen molar-refractivity contribution in [1.29, 1.82) is 0 Å². The molecule has 0 spiro atoms. The molecule has 0 saturated heterocycles. The highest BCUT2D eigenvalue weighted by atomic mass is 32.2. The lowest BCUT2D eigenvalue weighted by atomic mass is 10.2. The van der Waals surface area contributed by atoms with Gasteiger partial charge in [-0.15, -0.1) is 10.2 Å². The number of carbonyl (C=O) groups excluding carboxylic acids is 1. The minimum atomic E-state index is -0.361. The number of benzene rings is 1. The number of rotatable bonds is 8. The summed E-state index contributed by atoms with van der Waals surface area (Å²) in [4.78, 5) is 30.9. The van der Waals surface area contributed by atoms with Gasteiger partial charge in [0, 0.05) is 19.4 Å². The molecule has 28 heavy (non-hydrogen) atoms. The average molecular weight is 401 g/mol. The molecule has 0 unspecified atom stereocenters. The Morgan fingerprint density at radius 2 is 2.00 bits per heavy atom. The molecule has 0 fully saturated rings. The number of aromatic amines is 1. The molecule has 148 valence electrons. The van der Waals surface area contributed by atoms with Crippen molar-refractivity contribution < 1.29 is 4.79 Å². The summed E-state index contributed by atoms with van der Waals surface area (Å²) in [5, 5.41) is 9.72. The van der Waals surface area contributed by atoms with Gasteiger partial charge in [0.15, 0.2) is 5.16 Å². The highest BCUT2D eigenvalue weighted by Crippen LogP contribution is 2.32. The third-order valence-corrected chi connectivity index (χ3v) is 5.32. The Balaban J connectivity index is 1.88. The predicted molar refractivity (Wildman–Crippen MR) is 109 cm³/mol. The fourth-order valence-corrected chi connectivity index (χ4v) is 3.82. The van der Waals surface area contributed by atoms with E-state index in [-0.39, 0.29) is 23.1 Å². The smallest absolute Gasteiger partial charge is 0.258 e. The Hall–Kier alpha value is -2.68. The van der Waals surface area contributed by atoms with Crippen LogP contribution in [-0.4, -0.2) is 30.6 Å². The van der Waals surface area contributed by atoms with Crippen molar-refractivity contribution in [2.75, 3.05) is 0 Å². The molecule has 8 nitrogen and oxygen atoms in total. The van der Waals surface area contributed by atoms with Crippen LogP contribution in [0.2, 0.25) is 0 Å². The molecule has 0 aliphatic carbocycles. The number of fused-ring (bicyclic) bond motifs is 1. The largest absolute Gasteiger partial charge is 0.370 e. The van der Waals surface area contributed by atoms with Gasteiger partial charge in [0.25, 0.3) is 5.56 Å². The first-order chi connectivity index (χ1) is 13.3. The molecule has 0 radical (unpaired) electrons. The van der Waals surface area contributed by atoms with Crippen LogP contribution in [0.3, 0.4) is 0 Å². The zero-order valence-corrected chi connectivity index (χ0v) is 17.0. The molecule has 3 N–H and O–H groups in total. The van der Waals surface area contributed by atoms with E-state index in [0.717, 1.165) is 17.5 Å². The lowest BCUT2D eigenvalue weighted by Crippen LogP contribution is -2.15. The Morgan fingerprint density at radius 3 is 2.71 bits per heavy atom. The molecular weight excluding hydrogens is 376 g/mol. The van der Waals surface area contributed by atoms with E-state index >= 15 is 0 Å². The minimum absolute atomic E-state index is 0.128. The van der Waals surface area contributed by atoms with Gasteiger partial charge >= 0.3 is 0 Å². The van der Waals surface area contributed by atoms with Gasteiger partial charge in [0.2, 0.25) is 5.91 Å². The first-order valence-corrected chi connectivity index (χ1v) is 10.1. The minimum Gasteiger partial charge on any atom is -0.370 e. The second-order valence-corrected chi connectivity index (χ2v) is 8.41. The zero-order valence-electron chi connectivity index (χ0n) is 16.2. The molecule has 0 saturated carbocycles. The van der Waals surface area contributed by atoms with Crippen LogP contribution in [0.25, 0.3) is 10.9 Å². The summed E-state index contributed by atoms with van der Waals surface area (Å²) in [5.41, 5.74) is 5.78. The van der Waals surface area contributed by atoms with E-state index in [0.29, 0.717) is 29.1 Å². The second kappa shape index (κ2) is 8.55. The number of nitrogens with one attached hydrogen (secondary N) is 1. The number of amides is 1. The number of nitrogens with two attached hydrogens (primary N) is 1.